The van der Waals surface area contributed by atoms with Crippen molar-refractivity contribution in [1.29, 1.82) is 0 Å². The Morgan fingerprint density at radius 1 is 1.34 bits per heavy atom. The molecule has 29 heavy (non-hydrogen) atoms. The third-order valence-electron chi connectivity index (χ3n) is 5.51. The van der Waals surface area contributed by atoms with Crippen molar-refractivity contribution in [3.05, 3.63) is 77.1 Å². The Bertz CT molecular complexity index is 1240. The number of nitrogens with zero attached hydrogens (tertiary/aromatic N) is 6. The second kappa shape index (κ2) is 6.28. The SMILES string of the molecule is C=C1C=CC(C2(O)CC(c3noc(Cn4cnc5ncn(C)c5c4=O)n3)C2)=C[CH+]1. The number of hydrogen-bond donors (Lipinski definition) is 1. The molecule has 1 saturated carbocycles. The van der Waals surface area contributed by atoms with Crippen molar-refractivity contribution in [2.24, 2.45) is 7.05 Å². The van der Waals surface area contributed by atoms with Gasteiger partial charge in [0.2, 0.25) is 5.89 Å². The van der Waals surface area contributed by atoms with Crippen LogP contribution in [0.5, 0.6) is 0 Å². The molecule has 2 aliphatic rings. The summed E-state index contributed by atoms with van der Waals surface area (Å²) in [5.41, 5.74) is 1.49. The first-order valence-electron chi connectivity index (χ1n) is 9.27. The normalized spacial score (nSPS) is 23.7. The van der Waals surface area contributed by atoms with Gasteiger partial charge < -0.3 is 14.2 Å². The van der Waals surface area contributed by atoms with Crippen molar-refractivity contribution < 1.29 is 9.63 Å². The molecule has 0 aromatic carbocycles. The van der Waals surface area contributed by atoms with Crippen LogP contribution in [0.3, 0.4) is 0 Å². The van der Waals surface area contributed by atoms with Gasteiger partial charge in [0, 0.05) is 37.6 Å². The summed E-state index contributed by atoms with van der Waals surface area (Å²) >= 11 is 0. The lowest BCUT2D eigenvalue weighted by molar-refractivity contribution is -0.0142. The topological polar surface area (TPSA) is 112 Å². The summed E-state index contributed by atoms with van der Waals surface area (Å²) in [4.78, 5) is 25.3. The molecule has 0 unspecified atom stereocenters. The molecule has 2 aliphatic carbocycles. The van der Waals surface area contributed by atoms with Crippen molar-refractivity contribution in [3.8, 4) is 0 Å². The number of imidazole rings is 1. The maximum atomic E-state index is 12.6. The third-order valence-corrected chi connectivity index (χ3v) is 5.51. The van der Waals surface area contributed by atoms with Crippen molar-refractivity contribution in [1.82, 2.24) is 29.2 Å². The van der Waals surface area contributed by atoms with Gasteiger partial charge in [-0.05, 0) is 19.4 Å². The summed E-state index contributed by atoms with van der Waals surface area (Å²) in [5.74, 6) is 0.870. The van der Waals surface area contributed by atoms with Crippen LogP contribution < -0.4 is 5.56 Å². The third kappa shape index (κ3) is 2.90. The summed E-state index contributed by atoms with van der Waals surface area (Å²) in [6.45, 7) is 3.99. The molecule has 0 bridgehead atoms. The molecule has 3 heterocycles. The summed E-state index contributed by atoms with van der Waals surface area (Å²) in [6, 6.07) is 0. The van der Waals surface area contributed by atoms with Gasteiger partial charge in [0.15, 0.2) is 17.0 Å². The zero-order valence-electron chi connectivity index (χ0n) is 15.8. The van der Waals surface area contributed by atoms with E-state index in [0.29, 0.717) is 35.7 Å². The second-order valence-corrected chi connectivity index (χ2v) is 7.59. The standard InChI is InChI=1S/C20H19N6O3/c1-12-3-5-14(6-4-12)20(28)7-13(8-20)17-23-15(29-24-17)9-26-11-22-18-16(19(26)27)25(2)10-21-18/h3-6,10-11,13,28H,1,7-9H2,2H3/q+1. The molecule has 0 saturated heterocycles. The van der Waals surface area contributed by atoms with Crippen LogP contribution >= 0.6 is 0 Å². The Balaban J connectivity index is 1.31. The predicted octanol–water partition coefficient (Wildman–Crippen LogP) is 1.43. The molecule has 3 aromatic rings. The first-order valence-corrected chi connectivity index (χ1v) is 9.27. The van der Waals surface area contributed by atoms with Gasteiger partial charge in [-0.15, -0.1) is 0 Å². The number of aromatic nitrogens is 6. The number of allylic oxidation sites excluding steroid dienone is 3. The lowest BCUT2D eigenvalue weighted by atomic mass is 9.66. The molecule has 1 fully saturated rings. The van der Waals surface area contributed by atoms with Crippen LogP contribution in [0, 0.1) is 6.42 Å². The quantitative estimate of drug-likeness (QED) is 0.670. The predicted molar refractivity (Wildman–Crippen MR) is 104 cm³/mol. The minimum Gasteiger partial charge on any atom is -0.376 e. The second-order valence-electron chi connectivity index (χ2n) is 7.59. The summed E-state index contributed by atoms with van der Waals surface area (Å²) < 4.78 is 8.38. The largest absolute Gasteiger partial charge is 0.376 e. The number of fused-ring (bicyclic) bond motifs is 1. The van der Waals surface area contributed by atoms with E-state index in [4.69, 9.17) is 4.52 Å². The van der Waals surface area contributed by atoms with E-state index in [-0.39, 0.29) is 18.0 Å². The van der Waals surface area contributed by atoms with Gasteiger partial charge in [-0.3, -0.25) is 9.36 Å². The zero-order chi connectivity index (χ0) is 20.2. The number of hydrogen-bond acceptors (Lipinski definition) is 7. The highest BCUT2D eigenvalue weighted by atomic mass is 16.5. The van der Waals surface area contributed by atoms with Crippen LogP contribution in [0.4, 0.5) is 0 Å². The van der Waals surface area contributed by atoms with Crippen LogP contribution in [-0.2, 0) is 13.6 Å². The minimum absolute atomic E-state index is 0.00586. The van der Waals surface area contributed by atoms with Gasteiger partial charge in [-0.2, -0.15) is 4.98 Å². The number of rotatable bonds is 4. The first-order chi connectivity index (χ1) is 13.9. The van der Waals surface area contributed by atoms with Gasteiger partial charge in [0.25, 0.3) is 5.56 Å². The van der Waals surface area contributed by atoms with E-state index >= 15 is 0 Å². The molecule has 146 valence electrons. The molecule has 3 aromatic heterocycles. The van der Waals surface area contributed by atoms with E-state index in [1.54, 1.807) is 17.9 Å². The summed E-state index contributed by atoms with van der Waals surface area (Å²) in [7, 11) is 1.75. The van der Waals surface area contributed by atoms with Crippen molar-refractivity contribution in [2.45, 2.75) is 30.9 Å². The van der Waals surface area contributed by atoms with E-state index in [1.807, 2.05) is 24.6 Å². The molecule has 9 nitrogen and oxygen atoms in total. The molecule has 0 spiro atoms. The van der Waals surface area contributed by atoms with E-state index < -0.39 is 5.60 Å². The maximum absolute atomic E-state index is 12.6. The number of aryl methyl sites for hydroxylation is 1. The molecule has 1 N–H and O–H groups in total. The van der Waals surface area contributed by atoms with Gasteiger partial charge in [-0.1, -0.05) is 5.16 Å². The lowest BCUT2D eigenvalue weighted by Crippen LogP contribution is -2.44. The van der Waals surface area contributed by atoms with Crippen molar-refractivity contribution >= 4 is 11.2 Å². The van der Waals surface area contributed by atoms with Crippen LogP contribution in [0.25, 0.3) is 11.2 Å². The Morgan fingerprint density at radius 3 is 2.90 bits per heavy atom. The highest BCUT2D eigenvalue weighted by molar-refractivity contribution is 5.68. The molecule has 9 heteroatoms. The molecular formula is C20H19N6O3+. The van der Waals surface area contributed by atoms with Gasteiger partial charge in [-0.25, -0.2) is 9.97 Å². The van der Waals surface area contributed by atoms with Crippen molar-refractivity contribution in [2.75, 3.05) is 0 Å². The Morgan fingerprint density at radius 2 is 2.14 bits per heavy atom. The molecule has 0 aliphatic heterocycles. The summed E-state index contributed by atoms with van der Waals surface area (Å²) in [5, 5.41) is 14.9. The fourth-order valence-electron chi connectivity index (χ4n) is 3.82. The molecule has 0 radical (unpaired) electrons. The highest BCUT2D eigenvalue weighted by Gasteiger charge is 2.49. The van der Waals surface area contributed by atoms with E-state index in [0.717, 1.165) is 11.1 Å². The molecule has 0 atom stereocenters. The Labute approximate surface area is 165 Å². The van der Waals surface area contributed by atoms with Gasteiger partial charge in [0.1, 0.15) is 18.5 Å². The van der Waals surface area contributed by atoms with Gasteiger partial charge in [0.05, 0.1) is 17.5 Å². The van der Waals surface area contributed by atoms with Crippen LogP contribution in [0.1, 0.15) is 30.5 Å². The molecular weight excluding hydrogens is 372 g/mol. The highest BCUT2D eigenvalue weighted by Crippen LogP contribution is 2.48. The number of aliphatic hydroxyl groups is 1. The Kier molecular flexibility index (Phi) is 3.82. The van der Waals surface area contributed by atoms with Crippen LogP contribution in [0.2, 0.25) is 0 Å². The van der Waals surface area contributed by atoms with E-state index in [1.165, 1.54) is 10.9 Å². The molecule has 0 amide bonds. The average Bonchev–Trinajstić information content (AvgIpc) is 3.29. The fraction of sp³-hybridized carbons (Fsp3) is 0.300. The van der Waals surface area contributed by atoms with E-state index in [2.05, 4.69) is 26.7 Å². The van der Waals surface area contributed by atoms with Gasteiger partial charge >= 0.3 is 0 Å². The fourth-order valence-corrected chi connectivity index (χ4v) is 3.82. The monoisotopic (exact) mass is 391 g/mol. The zero-order valence-corrected chi connectivity index (χ0v) is 15.8. The van der Waals surface area contributed by atoms with E-state index in [9.17, 15) is 9.90 Å². The lowest BCUT2D eigenvalue weighted by Gasteiger charge is -2.41. The Hall–Kier alpha value is -3.46. The van der Waals surface area contributed by atoms with Crippen LogP contribution in [0.15, 0.2) is 57.9 Å². The average molecular weight is 391 g/mol. The smallest absolute Gasteiger partial charge is 0.280 e. The molecule has 5 rings (SSSR count). The van der Waals surface area contributed by atoms with Crippen molar-refractivity contribution in [3.63, 3.8) is 0 Å². The first kappa shape index (κ1) is 17.6. The summed E-state index contributed by atoms with van der Waals surface area (Å²) in [6.07, 6.45) is 11.6. The maximum Gasteiger partial charge on any atom is 0.280 e. The minimum atomic E-state index is -0.884. The van der Waals surface area contributed by atoms with Crippen LogP contribution in [-0.4, -0.2) is 40.0 Å².